The number of benzene rings is 1. The average Bonchev–Trinajstić information content (AvgIpc) is 3.02. The van der Waals surface area contributed by atoms with Gasteiger partial charge in [-0.3, -0.25) is 20.2 Å². The van der Waals surface area contributed by atoms with E-state index in [2.05, 4.69) is 20.9 Å². The zero-order valence-electron chi connectivity index (χ0n) is 13.4. The van der Waals surface area contributed by atoms with Crippen LogP contribution in [0.2, 0.25) is 0 Å². The lowest BCUT2D eigenvalue weighted by molar-refractivity contribution is -0.133. The molecule has 0 aliphatic heterocycles. The summed E-state index contributed by atoms with van der Waals surface area (Å²) in [5.41, 5.74) is 3.53. The number of anilines is 1. The second-order valence-corrected chi connectivity index (χ2v) is 6.76. The first kappa shape index (κ1) is 19.0. The number of nitrogens with zero attached hydrogens (tertiary/aromatic N) is 2. The van der Waals surface area contributed by atoms with E-state index in [0.717, 1.165) is 16.9 Å². The lowest BCUT2D eigenvalue weighted by Crippen LogP contribution is -2.48. The lowest BCUT2D eigenvalue weighted by atomic mass is 10.1. The number of hydrogen-bond acceptors (Lipinski definition) is 6. The molecule has 25 heavy (non-hydrogen) atoms. The molecule has 0 aliphatic rings. The van der Waals surface area contributed by atoms with Crippen molar-refractivity contribution in [3.05, 3.63) is 39.8 Å². The number of rotatable bonds is 7. The van der Waals surface area contributed by atoms with Crippen LogP contribution in [-0.2, 0) is 11.2 Å². The van der Waals surface area contributed by atoms with Gasteiger partial charge in [0.05, 0.1) is 0 Å². The van der Waals surface area contributed by atoms with Gasteiger partial charge >= 0.3 is 6.03 Å². The third-order valence-electron chi connectivity index (χ3n) is 3.21. The molecule has 2 rings (SSSR count). The summed E-state index contributed by atoms with van der Waals surface area (Å²) in [6.07, 6.45) is 1.18. The Morgan fingerprint density at radius 2 is 2.08 bits per heavy atom. The van der Waals surface area contributed by atoms with Gasteiger partial charge in [-0.25, -0.2) is 10.2 Å². The van der Waals surface area contributed by atoms with Crippen LogP contribution in [0.3, 0.4) is 0 Å². The predicted molar refractivity (Wildman–Crippen MR) is 97.6 cm³/mol. The van der Waals surface area contributed by atoms with E-state index in [4.69, 9.17) is 17.3 Å². The van der Waals surface area contributed by atoms with Gasteiger partial charge in [-0.05, 0) is 30.6 Å². The molecule has 0 bridgehead atoms. The first-order valence-electron chi connectivity index (χ1n) is 7.67. The van der Waals surface area contributed by atoms with E-state index in [0.29, 0.717) is 21.9 Å². The van der Waals surface area contributed by atoms with Crippen LogP contribution in [0.5, 0.6) is 0 Å². The summed E-state index contributed by atoms with van der Waals surface area (Å²) in [4.78, 5) is 24.4. The maximum absolute atomic E-state index is 12.4. The van der Waals surface area contributed by atoms with Crippen LogP contribution in [0.4, 0.5) is 9.93 Å². The third kappa shape index (κ3) is 6.61. The van der Waals surface area contributed by atoms with Crippen LogP contribution in [0, 0.1) is 3.95 Å². The van der Waals surface area contributed by atoms with Gasteiger partial charge in [-0.1, -0.05) is 41.7 Å². The van der Waals surface area contributed by atoms with Crippen molar-refractivity contribution in [2.75, 3.05) is 18.5 Å². The van der Waals surface area contributed by atoms with Gasteiger partial charge in [-0.2, -0.15) is 0 Å². The Kier molecular flexibility index (Phi) is 7.51. The number of hydrogen-bond donors (Lipinski definition) is 4. The molecule has 10 heteroatoms. The molecule has 3 amide bonds. The van der Waals surface area contributed by atoms with Crippen molar-refractivity contribution in [1.82, 2.24) is 20.6 Å². The number of aryl methyl sites for hydroxylation is 1. The first-order chi connectivity index (χ1) is 12.1. The number of aromatic nitrogens is 2. The fourth-order valence-electron chi connectivity index (χ4n) is 2.03. The molecule has 0 spiro atoms. The van der Waals surface area contributed by atoms with E-state index in [1.165, 1.54) is 5.01 Å². The molecule has 4 N–H and O–H groups in total. The maximum Gasteiger partial charge on any atom is 0.339 e. The number of carbonyl (C=O) groups excluding carboxylic acids is 2. The summed E-state index contributed by atoms with van der Waals surface area (Å²) < 4.78 is 0.436. The highest BCUT2D eigenvalue weighted by Gasteiger charge is 2.16. The van der Waals surface area contributed by atoms with Gasteiger partial charge in [-0.15, -0.1) is 5.10 Å². The van der Waals surface area contributed by atoms with Crippen LogP contribution in [0.25, 0.3) is 0 Å². The number of nitrogens with one attached hydrogen (secondary N) is 3. The molecular weight excluding hydrogens is 362 g/mol. The van der Waals surface area contributed by atoms with E-state index >= 15 is 0 Å². The molecule has 1 heterocycles. The number of aliphatic hydroxyl groups is 1. The summed E-state index contributed by atoms with van der Waals surface area (Å²) in [6.45, 7) is 0.139. The van der Waals surface area contributed by atoms with Gasteiger partial charge in [0.2, 0.25) is 11.0 Å². The highest BCUT2D eigenvalue weighted by molar-refractivity contribution is 7.73. The van der Waals surface area contributed by atoms with E-state index < -0.39 is 6.03 Å². The standard InChI is InChI=1S/C15H19N5O3S2/c21-10-4-9-20(12(22)8-7-11-5-2-1-3-6-11)19-13(23)16-14-17-18-15(24)25-14/h1-3,5-6,21H,4,7-10H2,(H,18,24)(H2,16,17,19,23). The van der Waals surface area contributed by atoms with Crippen molar-refractivity contribution >= 4 is 40.6 Å². The molecular formula is C15H19N5O3S2. The third-order valence-corrected chi connectivity index (χ3v) is 4.21. The van der Waals surface area contributed by atoms with E-state index in [1.54, 1.807) is 0 Å². The van der Waals surface area contributed by atoms with Crippen molar-refractivity contribution in [3.8, 4) is 0 Å². The Morgan fingerprint density at radius 1 is 1.32 bits per heavy atom. The average molecular weight is 381 g/mol. The Balaban J connectivity index is 1.90. The normalized spacial score (nSPS) is 10.3. The highest BCUT2D eigenvalue weighted by Crippen LogP contribution is 2.10. The number of aromatic amines is 1. The van der Waals surface area contributed by atoms with Crippen molar-refractivity contribution in [2.24, 2.45) is 0 Å². The van der Waals surface area contributed by atoms with Crippen molar-refractivity contribution in [2.45, 2.75) is 19.3 Å². The number of hydrazine groups is 1. The summed E-state index contributed by atoms with van der Waals surface area (Å²) in [7, 11) is 0. The van der Waals surface area contributed by atoms with Crippen LogP contribution >= 0.6 is 23.6 Å². The van der Waals surface area contributed by atoms with Crippen LogP contribution in [0.15, 0.2) is 30.3 Å². The monoisotopic (exact) mass is 381 g/mol. The van der Waals surface area contributed by atoms with E-state index in [9.17, 15) is 9.59 Å². The minimum atomic E-state index is -0.594. The van der Waals surface area contributed by atoms with Gasteiger partial charge in [0.25, 0.3) is 0 Å². The van der Waals surface area contributed by atoms with Crippen molar-refractivity contribution < 1.29 is 14.7 Å². The molecule has 2 aromatic rings. The van der Waals surface area contributed by atoms with Crippen molar-refractivity contribution in [1.29, 1.82) is 0 Å². The fraction of sp³-hybridized carbons (Fsp3) is 0.333. The number of H-pyrrole nitrogens is 1. The Morgan fingerprint density at radius 3 is 2.72 bits per heavy atom. The molecule has 0 atom stereocenters. The minimum absolute atomic E-state index is 0.0769. The smallest absolute Gasteiger partial charge is 0.339 e. The van der Waals surface area contributed by atoms with Crippen LogP contribution in [-0.4, -0.2) is 45.4 Å². The van der Waals surface area contributed by atoms with Gasteiger partial charge in [0.1, 0.15) is 0 Å². The molecule has 1 aromatic carbocycles. The first-order valence-corrected chi connectivity index (χ1v) is 8.89. The van der Waals surface area contributed by atoms with Crippen LogP contribution in [0.1, 0.15) is 18.4 Å². The van der Waals surface area contributed by atoms with E-state index in [-0.39, 0.29) is 25.5 Å². The molecule has 0 fully saturated rings. The largest absolute Gasteiger partial charge is 0.396 e. The fourth-order valence-corrected chi connectivity index (χ4v) is 2.82. The topological polar surface area (TPSA) is 110 Å². The Labute approximate surface area is 153 Å². The van der Waals surface area contributed by atoms with Gasteiger partial charge in [0.15, 0.2) is 3.95 Å². The molecule has 0 saturated heterocycles. The molecule has 8 nitrogen and oxygen atoms in total. The molecule has 0 saturated carbocycles. The molecule has 134 valence electrons. The SMILES string of the molecule is O=C(Nc1n[nH]c(=S)s1)NN(CCCO)C(=O)CCc1ccccc1. The van der Waals surface area contributed by atoms with Crippen molar-refractivity contribution in [3.63, 3.8) is 0 Å². The molecule has 0 unspecified atom stereocenters. The zero-order chi connectivity index (χ0) is 18.1. The highest BCUT2D eigenvalue weighted by atomic mass is 32.1. The zero-order valence-corrected chi connectivity index (χ0v) is 15.0. The molecule has 0 radical (unpaired) electrons. The quantitative estimate of drug-likeness (QED) is 0.434. The second-order valence-electron chi connectivity index (χ2n) is 5.09. The minimum Gasteiger partial charge on any atom is -0.396 e. The number of aliphatic hydroxyl groups excluding tert-OH is 1. The summed E-state index contributed by atoms with van der Waals surface area (Å²) >= 11 is 6.00. The number of amides is 3. The Bertz CT molecular complexity index is 747. The number of urea groups is 1. The molecule has 1 aromatic heterocycles. The van der Waals surface area contributed by atoms with Crippen LogP contribution < -0.4 is 10.7 Å². The predicted octanol–water partition coefficient (Wildman–Crippen LogP) is 2.08. The van der Waals surface area contributed by atoms with Gasteiger partial charge in [0, 0.05) is 19.6 Å². The second kappa shape index (κ2) is 9.87. The summed E-state index contributed by atoms with van der Waals surface area (Å²) in [5.74, 6) is -0.234. The van der Waals surface area contributed by atoms with Gasteiger partial charge < -0.3 is 5.11 Å². The number of carbonyl (C=O) groups is 2. The summed E-state index contributed by atoms with van der Waals surface area (Å²) in [6, 6.07) is 9.02. The Hall–Kier alpha value is -2.30. The maximum atomic E-state index is 12.4. The summed E-state index contributed by atoms with van der Waals surface area (Å²) in [5, 5.41) is 19.4. The molecule has 0 aliphatic carbocycles. The lowest BCUT2D eigenvalue weighted by Gasteiger charge is -2.23. The van der Waals surface area contributed by atoms with E-state index in [1.807, 2.05) is 30.3 Å².